The molecule has 0 N–H and O–H groups in total. The number of halogens is 2. The van der Waals surface area contributed by atoms with E-state index in [-0.39, 0.29) is 17.1 Å². The third-order valence-electron chi connectivity index (χ3n) is 2.21. The molecule has 0 aliphatic heterocycles. The average molecular weight is 271 g/mol. The minimum Gasteiger partial charge on any atom is -0.494 e. The van der Waals surface area contributed by atoms with Crippen molar-refractivity contribution in [3.05, 3.63) is 50.9 Å². The Hall–Kier alpha value is -1.39. The van der Waals surface area contributed by atoms with E-state index in [1.54, 1.807) is 12.1 Å². The first kappa shape index (κ1) is 12.1. The number of hydrogen-bond donors (Lipinski definition) is 0. The molecule has 0 bridgehead atoms. The fourth-order valence-electron chi connectivity index (χ4n) is 1.39. The maximum atomic E-state index is 13.4. The monoisotopic (exact) mass is 270 g/mol. The van der Waals surface area contributed by atoms with Gasteiger partial charge >= 0.3 is 0 Å². The highest BCUT2D eigenvalue weighted by molar-refractivity contribution is 7.18. The van der Waals surface area contributed by atoms with E-state index in [1.165, 1.54) is 30.6 Å². The van der Waals surface area contributed by atoms with Crippen molar-refractivity contribution < 1.29 is 13.9 Å². The third kappa shape index (κ3) is 2.48. The summed E-state index contributed by atoms with van der Waals surface area (Å²) >= 11 is 6.91. The molecular weight excluding hydrogens is 263 g/mol. The van der Waals surface area contributed by atoms with Crippen LogP contribution in [0.15, 0.2) is 30.3 Å². The normalized spacial score (nSPS) is 10.3. The quantitative estimate of drug-likeness (QED) is 0.794. The fourth-order valence-corrected chi connectivity index (χ4v) is 2.39. The van der Waals surface area contributed by atoms with Gasteiger partial charge in [-0.05, 0) is 30.3 Å². The number of carbonyl (C=O) groups is 1. The molecule has 5 heteroatoms. The fraction of sp³-hybridized carbons (Fsp3) is 0.0833. The van der Waals surface area contributed by atoms with Crippen LogP contribution in [0.25, 0.3) is 0 Å². The second-order valence-corrected chi connectivity index (χ2v) is 5.00. The first-order chi connectivity index (χ1) is 8.11. The average Bonchev–Trinajstić information content (AvgIpc) is 2.75. The molecule has 1 aromatic heterocycles. The lowest BCUT2D eigenvalue weighted by molar-refractivity contribution is 0.104. The van der Waals surface area contributed by atoms with Crippen LogP contribution in [0.5, 0.6) is 5.75 Å². The molecule has 0 spiro atoms. The van der Waals surface area contributed by atoms with Crippen LogP contribution in [0.2, 0.25) is 4.34 Å². The lowest BCUT2D eigenvalue weighted by Gasteiger charge is -2.03. The Morgan fingerprint density at radius 2 is 2.12 bits per heavy atom. The number of thiophene rings is 1. The Labute approximate surface area is 107 Å². The summed E-state index contributed by atoms with van der Waals surface area (Å²) in [4.78, 5) is 12.4. The number of rotatable bonds is 3. The molecule has 1 aromatic carbocycles. The zero-order valence-electron chi connectivity index (χ0n) is 8.87. The van der Waals surface area contributed by atoms with E-state index >= 15 is 0 Å². The first-order valence-electron chi connectivity index (χ1n) is 4.75. The van der Waals surface area contributed by atoms with Crippen molar-refractivity contribution >= 4 is 28.7 Å². The van der Waals surface area contributed by atoms with E-state index in [2.05, 4.69) is 0 Å². The van der Waals surface area contributed by atoms with Crippen LogP contribution in [-0.2, 0) is 0 Å². The Balaban J connectivity index is 2.35. The summed E-state index contributed by atoms with van der Waals surface area (Å²) in [5.41, 5.74) is 0.279. The van der Waals surface area contributed by atoms with Gasteiger partial charge in [-0.15, -0.1) is 11.3 Å². The molecule has 0 radical (unpaired) electrons. The smallest absolute Gasteiger partial charge is 0.203 e. The number of ketones is 1. The van der Waals surface area contributed by atoms with Gasteiger partial charge in [-0.1, -0.05) is 11.6 Å². The topological polar surface area (TPSA) is 26.3 Å². The zero-order chi connectivity index (χ0) is 12.4. The molecule has 17 heavy (non-hydrogen) atoms. The maximum Gasteiger partial charge on any atom is 0.203 e. The number of hydrogen-bond acceptors (Lipinski definition) is 3. The van der Waals surface area contributed by atoms with Gasteiger partial charge in [-0.25, -0.2) is 4.39 Å². The molecule has 0 saturated carbocycles. The summed E-state index contributed by atoms with van der Waals surface area (Å²) in [6.45, 7) is 0. The van der Waals surface area contributed by atoms with Gasteiger partial charge < -0.3 is 4.74 Å². The van der Waals surface area contributed by atoms with Gasteiger partial charge in [0.2, 0.25) is 5.78 Å². The molecule has 0 aliphatic rings. The Kier molecular flexibility index (Phi) is 3.45. The number of carbonyl (C=O) groups excluding carboxylic acids is 1. The molecule has 0 aliphatic carbocycles. The van der Waals surface area contributed by atoms with Crippen molar-refractivity contribution in [2.75, 3.05) is 7.11 Å². The van der Waals surface area contributed by atoms with E-state index < -0.39 is 5.82 Å². The summed E-state index contributed by atoms with van der Waals surface area (Å²) in [7, 11) is 1.37. The van der Waals surface area contributed by atoms with E-state index in [9.17, 15) is 9.18 Å². The van der Waals surface area contributed by atoms with Crippen LogP contribution < -0.4 is 4.74 Å². The highest BCUT2D eigenvalue weighted by Gasteiger charge is 2.13. The van der Waals surface area contributed by atoms with Gasteiger partial charge in [0, 0.05) is 5.56 Å². The molecule has 2 rings (SSSR count). The standard InChI is InChI=1S/C12H8ClFO2S/c1-16-9-3-2-7(6-8(9)14)12(15)10-4-5-11(13)17-10/h2-6H,1H3. The van der Waals surface area contributed by atoms with Crippen molar-refractivity contribution in [2.24, 2.45) is 0 Å². The number of methoxy groups -OCH3 is 1. The van der Waals surface area contributed by atoms with Crippen LogP contribution in [-0.4, -0.2) is 12.9 Å². The van der Waals surface area contributed by atoms with Crippen molar-refractivity contribution in [3.8, 4) is 5.75 Å². The maximum absolute atomic E-state index is 13.4. The minimum atomic E-state index is -0.555. The van der Waals surface area contributed by atoms with Crippen molar-refractivity contribution in [1.82, 2.24) is 0 Å². The molecule has 0 saturated heterocycles. The van der Waals surface area contributed by atoms with Crippen molar-refractivity contribution in [3.63, 3.8) is 0 Å². The highest BCUT2D eigenvalue weighted by atomic mass is 35.5. The number of benzene rings is 1. The van der Waals surface area contributed by atoms with Gasteiger partial charge in [-0.2, -0.15) is 0 Å². The molecule has 1 heterocycles. The molecule has 0 atom stereocenters. The molecule has 0 amide bonds. The lowest BCUT2D eigenvalue weighted by Crippen LogP contribution is -2.00. The third-order valence-corrected chi connectivity index (χ3v) is 3.44. The molecule has 0 unspecified atom stereocenters. The van der Waals surface area contributed by atoms with Gasteiger partial charge in [-0.3, -0.25) is 4.79 Å². The highest BCUT2D eigenvalue weighted by Crippen LogP contribution is 2.25. The van der Waals surface area contributed by atoms with Crippen molar-refractivity contribution in [2.45, 2.75) is 0 Å². The van der Waals surface area contributed by atoms with Gasteiger partial charge in [0.15, 0.2) is 11.6 Å². The zero-order valence-corrected chi connectivity index (χ0v) is 10.4. The minimum absolute atomic E-state index is 0.116. The second kappa shape index (κ2) is 4.85. The Morgan fingerprint density at radius 3 is 2.65 bits per heavy atom. The molecule has 2 aromatic rings. The van der Waals surface area contributed by atoms with Gasteiger partial charge in [0.1, 0.15) is 0 Å². The summed E-state index contributed by atoms with van der Waals surface area (Å²) in [6.07, 6.45) is 0. The van der Waals surface area contributed by atoms with E-state index in [0.717, 1.165) is 6.07 Å². The van der Waals surface area contributed by atoms with Crippen LogP contribution in [0, 0.1) is 5.82 Å². The molecule has 88 valence electrons. The molecular formula is C12H8ClFO2S. The number of ether oxygens (including phenoxy) is 1. The Morgan fingerprint density at radius 1 is 1.35 bits per heavy atom. The van der Waals surface area contributed by atoms with Gasteiger partial charge in [0.05, 0.1) is 16.3 Å². The van der Waals surface area contributed by atoms with Gasteiger partial charge in [0.25, 0.3) is 0 Å². The van der Waals surface area contributed by atoms with Crippen molar-refractivity contribution in [1.29, 1.82) is 0 Å². The summed E-state index contributed by atoms with van der Waals surface area (Å²) in [5.74, 6) is -0.685. The largest absolute Gasteiger partial charge is 0.494 e. The summed E-state index contributed by atoms with van der Waals surface area (Å²) < 4.78 is 18.7. The van der Waals surface area contributed by atoms with Crippen LogP contribution in [0.4, 0.5) is 4.39 Å². The molecule has 0 fully saturated rings. The Bertz CT molecular complexity index is 565. The van der Waals surface area contributed by atoms with E-state index in [0.29, 0.717) is 9.21 Å². The van der Waals surface area contributed by atoms with Crippen LogP contribution >= 0.6 is 22.9 Å². The SMILES string of the molecule is COc1ccc(C(=O)c2ccc(Cl)s2)cc1F. The second-order valence-electron chi connectivity index (χ2n) is 3.28. The first-order valence-corrected chi connectivity index (χ1v) is 5.95. The molecule has 2 nitrogen and oxygen atoms in total. The predicted octanol–water partition coefficient (Wildman–Crippen LogP) is 3.78. The van der Waals surface area contributed by atoms with Crippen LogP contribution in [0.1, 0.15) is 15.2 Å². The summed E-state index contributed by atoms with van der Waals surface area (Å²) in [5, 5.41) is 0. The lowest BCUT2D eigenvalue weighted by atomic mass is 10.1. The van der Waals surface area contributed by atoms with E-state index in [1.807, 2.05) is 0 Å². The summed E-state index contributed by atoms with van der Waals surface area (Å²) in [6, 6.07) is 7.38. The predicted molar refractivity (Wildman–Crippen MR) is 65.7 cm³/mol. The van der Waals surface area contributed by atoms with E-state index in [4.69, 9.17) is 16.3 Å². The van der Waals surface area contributed by atoms with Crippen LogP contribution in [0.3, 0.4) is 0 Å².